The van der Waals surface area contributed by atoms with E-state index in [1.54, 1.807) is 0 Å². The fourth-order valence-corrected chi connectivity index (χ4v) is 4.29. The van der Waals surface area contributed by atoms with Gasteiger partial charge >= 0.3 is 0 Å². The van der Waals surface area contributed by atoms with Crippen LogP contribution < -0.4 is 10.6 Å². The third-order valence-corrected chi connectivity index (χ3v) is 5.72. The van der Waals surface area contributed by atoms with Crippen molar-refractivity contribution in [3.63, 3.8) is 0 Å². The average Bonchev–Trinajstić information content (AvgIpc) is 3.09. The van der Waals surface area contributed by atoms with Gasteiger partial charge in [0.15, 0.2) is 5.13 Å². The van der Waals surface area contributed by atoms with Gasteiger partial charge in [0, 0.05) is 12.2 Å². The van der Waals surface area contributed by atoms with Gasteiger partial charge in [-0.3, -0.25) is 9.69 Å². The lowest BCUT2D eigenvalue weighted by Gasteiger charge is -2.25. The van der Waals surface area contributed by atoms with Gasteiger partial charge in [-0.05, 0) is 49.7 Å². The number of likely N-dealkylation sites (tertiary alicyclic amines) is 1. The van der Waals surface area contributed by atoms with Crippen LogP contribution in [0.15, 0.2) is 48.5 Å². The van der Waals surface area contributed by atoms with Gasteiger partial charge in [-0.25, -0.2) is 4.98 Å². The number of nitrogens with zero attached hydrogens (tertiary/aromatic N) is 2. The molecule has 2 N–H and O–H groups in total. The highest BCUT2D eigenvalue weighted by atomic mass is 32.1. The van der Waals surface area contributed by atoms with Crippen molar-refractivity contribution in [1.82, 2.24) is 9.88 Å². The monoisotopic (exact) mass is 380 g/mol. The van der Waals surface area contributed by atoms with Crippen molar-refractivity contribution in [2.75, 3.05) is 30.3 Å². The molecule has 140 valence electrons. The molecule has 0 bridgehead atoms. The van der Waals surface area contributed by atoms with Crippen molar-refractivity contribution in [2.45, 2.75) is 25.8 Å². The van der Waals surface area contributed by atoms with Crippen LogP contribution in [0.1, 0.15) is 24.8 Å². The highest BCUT2D eigenvalue weighted by Crippen LogP contribution is 2.28. The van der Waals surface area contributed by atoms with E-state index in [4.69, 9.17) is 0 Å². The molecular formula is C21H24N4OS. The average molecular weight is 381 g/mol. The van der Waals surface area contributed by atoms with Crippen LogP contribution in [0, 0.1) is 0 Å². The van der Waals surface area contributed by atoms with E-state index >= 15 is 0 Å². The smallest absolute Gasteiger partial charge is 0.240 e. The first-order chi connectivity index (χ1) is 13.3. The molecule has 2 aromatic carbocycles. The van der Waals surface area contributed by atoms with Crippen LogP contribution in [0.3, 0.4) is 0 Å². The Balaban J connectivity index is 1.37. The molecule has 3 aromatic rings. The third kappa shape index (κ3) is 4.84. The molecule has 1 aliphatic rings. The number of rotatable bonds is 6. The van der Waals surface area contributed by atoms with E-state index < -0.39 is 0 Å². The lowest BCUT2D eigenvalue weighted by Crippen LogP contribution is -2.36. The van der Waals surface area contributed by atoms with Crippen molar-refractivity contribution in [2.24, 2.45) is 0 Å². The fourth-order valence-electron chi connectivity index (χ4n) is 3.37. The summed E-state index contributed by atoms with van der Waals surface area (Å²) in [6, 6.07) is 16.4. The fraction of sp³-hybridized carbons (Fsp3) is 0.333. The highest BCUT2D eigenvalue weighted by Gasteiger charge is 2.15. The Hall–Kier alpha value is -2.44. The van der Waals surface area contributed by atoms with Crippen molar-refractivity contribution >= 4 is 38.3 Å². The van der Waals surface area contributed by atoms with E-state index in [0.29, 0.717) is 11.7 Å². The Morgan fingerprint density at radius 3 is 2.70 bits per heavy atom. The second-order valence-corrected chi connectivity index (χ2v) is 7.96. The minimum atomic E-state index is 0.0263. The summed E-state index contributed by atoms with van der Waals surface area (Å²) in [6.45, 7) is 3.28. The molecule has 0 atom stereocenters. The van der Waals surface area contributed by atoms with Gasteiger partial charge < -0.3 is 10.6 Å². The molecule has 0 saturated carbocycles. The minimum absolute atomic E-state index is 0.0263. The van der Waals surface area contributed by atoms with Crippen LogP contribution in [-0.2, 0) is 11.3 Å². The molecule has 0 unspecified atom stereocenters. The maximum Gasteiger partial charge on any atom is 0.240 e. The van der Waals surface area contributed by atoms with Gasteiger partial charge in [-0.1, -0.05) is 48.1 Å². The van der Waals surface area contributed by atoms with Gasteiger partial charge in [0.05, 0.1) is 16.8 Å². The number of carbonyl (C=O) groups is 1. The van der Waals surface area contributed by atoms with Gasteiger partial charge in [0.2, 0.25) is 5.91 Å². The van der Waals surface area contributed by atoms with Crippen LogP contribution in [0.25, 0.3) is 10.2 Å². The predicted molar refractivity (Wildman–Crippen MR) is 112 cm³/mol. The summed E-state index contributed by atoms with van der Waals surface area (Å²) >= 11 is 1.52. The number of hydrogen-bond donors (Lipinski definition) is 2. The topological polar surface area (TPSA) is 57.3 Å². The van der Waals surface area contributed by atoms with Crippen molar-refractivity contribution < 1.29 is 4.79 Å². The number of anilines is 2. The Morgan fingerprint density at radius 1 is 1.07 bits per heavy atom. The predicted octanol–water partition coefficient (Wildman–Crippen LogP) is 4.33. The van der Waals surface area contributed by atoms with Crippen LogP contribution in [-0.4, -0.2) is 35.4 Å². The number of carbonyl (C=O) groups excluding carboxylic acids is 1. The van der Waals surface area contributed by atoms with E-state index in [2.05, 4.69) is 38.7 Å². The summed E-state index contributed by atoms with van der Waals surface area (Å²) in [5, 5.41) is 7.08. The maximum absolute atomic E-state index is 12.3. The maximum atomic E-state index is 12.3. The van der Waals surface area contributed by atoms with Crippen molar-refractivity contribution in [3.05, 3.63) is 54.1 Å². The van der Waals surface area contributed by atoms with E-state index in [9.17, 15) is 4.79 Å². The van der Waals surface area contributed by atoms with Crippen LogP contribution >= 0.6 is 11.3 Å². The third-order valence-electron chi connectivity index (χ3n) is 4.79. The molecule has 1 aliphatic heterocycles. The van der Waals surface area contributed by atoms with E-state index in [1.165, 1.54) is 36.2 Å². The number of piperidine rings is 1. The number of fused-ring (bicyclic) bond motifs is 1. The Bertz CT molecular complexity index is 903. The standard InChI is InChI=1S/C21H24N4OS/c26-20(15-25-11-5-2-6-12-25)24-21-23-18-10-9-17(13-19(18)27-21)22-14-16-7-3-1-4-8-16/h1,3-4,7-10,13,22H,2,5-6,11-12,14-15H2,(H,23,24,26). The Morgan fingerprint density at radius 2 is 1.89 bits per heavy atom. The van der Waals surface area contributed by atoms with Crippen molar-refractivity contribution in [3.8, 4) is 0 Å². The Kier molecular flexibility index (Phi) is 5.65. The molecule has 4 rings (SSSR count). The number of nitrogens with one attached hydrogen (secondary N) is 2. The van der Waals surface area contributed by atoms with E-state index in [1.807, 2.05) is 30.3 Å². The second kappa shape index (κ2) is 8.50. The molecular weight excluding hydrogens is 356 g/mol. The number of amides is 1. The number of hydrogen-bond acceptors (Lipinski definition) is 5. The molecule has 5 nitrogen and oxygen atoms in total. The Labute approximate surface area is 163 Å². The van der Waals surface area contributed by atoms with E-state index in [-0.39, 0.29) is 5.91 Å². The summed E-state index contributed by atoms with van der Waals surface area (Å²) in [6.07, 6.45) is 3.65. The van der Waals surface area contributed by atoms with Gasteiger partial charge in [-0.15, -0.1) is 0 Å². The first-order valence-corrected chi connectivity index (χ1v) is 10.3. The zero-order valence-electron chi connectivity index (χ0n) is 15.3. The largest absolute Gasteiger partial charge is 0.381 e. The minimum Gasteiger partial charge on any atom is -0.381 e. The SMILES string of the molecule is O=C(CN1CCCCC1)Nc1nc2ccc(NCc3ccccc3)cc2s1. The summed E-state index contributed by atoms with van der Waals surface area (Å²) in [5.41, 5.74) is 3.22. The molecule has 2 heterocycles. The normalized spacial score (nSPS) is 15.0. The molecule has 0 aliphatic carbocycles. The van der Waals surface area contributed by atoms with Crippen LogP contribution in [0.5, 0.6) is 0 Å². The number of benzene rings is 2. The lowest BCUT2D eigenvalue weighted by molar-refractivity contribution is -0.117. The summed E-state index contributed by atoms with van der Waals surface area (Å²) in [7, 11) is 0. The van der Waals surface area contributed by atoms with E-state index in [0.717, 1.165) is 35.5 Å². The van der Waals surface area contributed by atoms with Gasteiger partial charge in [0.25, 0.3) is 0 Å². The first-order valence-electron chi connectivity index (χ1n) is 9.47. The number of thiazole rings is 1. The second-order valence-electron chi connectivity index (χ2n) is 6.93. The first kappa shape index (κ1) is 17.9. The van der Waals surface area contributed by atoms with Gasteiger partial charge in [0.1, 0.15) is 0 Å². The molecule has 1 fully saturated rings. The zero-order valence-corrected chi connectivity index (χ0v) is 16.1. The molecule has 6 heteroatoms. The summed E-state index contributed by atoms with van der Waals surface area (Å²) in [5.74, 6) is 0.0263. The molecule has 1 amide bonds. The molecule has 0 spiro atoms. The molecule has 0 radical (unpaired) electrons. The molecule has 27 heavy (non-hydrogen) atoms. The van der Waals surface area contributed by atoms with Crippen molar-refractivity contribution in [1.29, 1.82) is 0 Å². The summed E-state index contributed by atoms with van der Waals surface area (Å²) in [4.78, 5) is 19.1. The quantitative estimate of drug-likeness (QED) is 0.668. The zero-order chi connectivity index (χ0) is 18.5. The lowest BCUT2D eigenvalue weighted by atomic mass is 10.1. The highest BCUT2D eigenvalue weighted by molar-refractivity contribution is 7.22. The van der Waals surface area contributed by atoms with Crippen LogP contribution in [0.4, 0.5) is 10.8 Å². The molecule has 1 aromatic heterocycles. The number of aromatic nitrogens is 1. The van der Waals surface area contributed by atoms with Crippen LogP contribution in [0.2, 0.25) is 0 Å². The van der Waals surface area contributed by atoms with Gasteiger partial charge in [-0.2, -0.15) is 0 Å². The summed E-state index contributed by atoms with van der Waals surface area (Å²) < 4.78 is 1.07. The molecule has 1 saturated heterocycles.